The fraction of sp³-hybridized carbons (Fsp3) is 0.360. The van der Waals surface area contributed by atoms with Crippen LogP contribution in [0.4, 0.5) is 0 Å². The predicted octanol–water partition coefficient (Wildman–Crippen LogP) is 5.98. The summed E-state index contributed by atoms with van der Waals surface area (Å²) < 4.78 is 0. The Labute approximate surface area is 185 Å². The van der Waals surface area contributed by atoms with Gasteiger partial charge < -0.3 is 15.3 Å². The van der Waals surface area contributed by atoms with E-state index in [-0.39, 0.29) is 0 Å². The summed E-state index contributed by atoms with van der Waals surface area (Å²) >= 11 is 1.86. The van der Waals surface area contributed by atoms with Crippen LogP contribution in [0.15, 0.2) is 43.0 Å². The van der Waals surface area contributed by atoms with Gasteiger partial charge in [-0.2, -0.15) is 0 Å². The molecule has 6 heteroatoms. The van der Waals surface area contributed by atoms with E-state index >= 15 is 0 Å². The lowest BCUT2D eigenvalue weighted by Crippen LogP contribution is -2.14. The number of nitrogens with zero attached hydrogens (tertiary/aromatic N) is 2. The van der Waals surface area contributed by atoms with Crippen molar-refractivity contribution >= 4 is 11.3 Å². The molecular formula is C25H25N5S. The van der Waals surface area contributed by atoms with Gasteiger partial charge in [0.1, 0.15) is 5.82 Å². The summed E-state index contributed by atoms with van der Waals surface area (Å²) in [5.41, 5.74) is 8.26. The number of H-pyrrole nitrogens is 2. The van der Waals surface area contributed by atoms with Crippen LogP contribution in [0, 0.1) is 0 Å². The minimum absolute atomic E-state index is 0.379. The summed E-state index contributed by atoms with van der Waals surface area (Å²) in [4.78, 5) is 18.4. The van der Waals surface area contributed by atoms with Gasteiger partial charge in [-0.25, -0.2) is 9.97 Å². The minimum Gasteiger partial charge on any atom is -0.344 e. The van der Waals surface area contributed by atoms with E-state index in [1.165, 1.54) is 58.7 Å². The smallest absolute Gasteiger partial charge is 0.123 e. The van der Waals surface area contributed by atoms with E-state index in [2.05, 4.69) is 50.7 Å². The highest BCUT2D eigenvalue weighted by Crippen LogP contribution is 2.58. The molecule has 0 spiro atoms. The molecule has 1 saturated heterocycles. The maximum absolute atomic E-state index is 4.75. The normalized spacial score (nSPS) is 24.2. The van der Waals surface area contributed by atoms with E-state index < -0.39 is 0 Å². The highest BCUT2D eigenvalue weighted by atomic mass is 32.1. The Morgan fingerprint density at radius 1 is 0.871 bits per heavy atom. The van der Waals surface area contributed by atoms with Gasteiger partial charge in [0.15, 0.2) is 0 Å². The van der Waals surface area contributed by atoms with Crippen molar-refractivity contribution < 1.29 is 0 Å². The highest BCUT2D eigenvalue weighted by Gasteiger charge is 2.40. The molecule has 3 atom stereocenters. The van der Waals surface area contributed by atoms with E-state index in [9.17, 15) is 0 Å². The van der Waals surface area contributed by atoms with Crippen molar-refractivity contribution in [1.82, 2.24) is 25.3 Å². The Morgan fingerprint density at radius 2 is 1.71 bits per heavy atom. The average Bonchev–Trinajstić information content (AvgIpc) is 3.65. The zero-order valence-electron chi connectivity index (χ0n) is 17.3. The third-order valence-electron chi connectivity index (χ3n) is 7.45. The van der Waals surface area contributed by atoms with Crippen molar-refractivity contribution in [3.05, 3.63) is 59.9 Å². The molecule has 5 nitrogen and oxygen atoms in total. The van der Waals surface area contributed by atoms with Crippen LogP contribution in [0.1, 0.15) is 66.9 Å². The molecule has 3 N–H and O–H groups in total. The fourth-order valence-electron chi connectivity index (χ4n) is 6.06. The van der Waals surface area contributed by atoms with Crippen molar-refractivity contribution in [1.29, 1.82) is 0 Å². The van der Waals surface area contributed by atoms with Crippen LogP contribution in [0.5, 0.6) is 0 Å². The summed E-state index contributed by atoms with van der Waals surface area (Å²) in [6.07, 6.45) is 12.1. The molecule has 3 aromatic heterocycles. The SMILES string of the molecule is c1ncc(-c2ccc(-c3ccc(-c4cnc(C5CCCN5)[nH]4)c4c3C3CCC4C3)s2)[nH]1. The first-order valence-electron chi connectivity index (χ1n) is 11.4. The van der Waals surface area contributed by atoms with Crippen molar-refractivity contribution in [3.63, 3.8) is 0 Å². The Kier molecular flexibility index (Phi) is 3.99. The molecule has 4 aromatic rings. The van der Waals surface area contributed by atoms with Gasteiger partial charge in [0, 0.05) is 10.4 Å². The maximum atomic E-state index is 4.75. The summed E-state index contributed by atoms with van der Waals surface area (Å²) in [6.45, 7) is 1.09. The number of fused-ring (bicyclic) bond motifs is 5. The van der Waals surface area contributed by atoms with Gasteiger partial charge in [-0.3, -0.25) is 0 Å². The summed E-state index contributed by atoms with van der Waals surface area (Å²) in [7, 11) is 0. The topological polar surface area (TPSA) is 69.4 Å². The zero-order valence-corrected chi connectivity index (χ0v) is 18.1. The lowest BCUT2D eigenvalue weighted by Gasteiger charge is -2.21. The summed E-state index contributed by atoms with van der Waals surface area (Å²) in [6, 6.07) is 9.57. The van der Waals surface area contributed by atoms with Crippen molar-refractivity contribution in [2.24, 2.45) is 0 Å². The lowest BCUT2D eigenvalue weighted by atomic mass is 9.84. The quantitative estimate of drug-likeness (QED) is 0.375. The van der Waals surface area contributed by atoms with E-state index in [0.29, 0.717) is 17.9 Å². The predicted molar refractivity (Wildman–Crippen MR) is 124 cm³/mol. The van der Waals surface area contributed by atoms with E-state index in [1.54, 1.807) is 17.5 Å². The van der Waals surface area contributed by atoms with Crippen LogP contribution in [0.25, 0.3) is 32.3 Å². The Morgan fingerprint density at radius 3 is 2.52 bits per heavy atom. The van der Waals surface area contributed by atoms with Crippen LogP contribution in [-0.4, -0.2) is 26.5 Å². The van der Waals surface area contributed by atoms with Gasteiger partial charge in [0.25, 0.3) is 0 Å². The molecule has 7 rings (SSSR count). The standard InChI is InChI=1S/C25H25N5S/c1-2-18(27-9-1)25-28-12-19(30-25)16-5-6-17(24-15-4-3-14(10-15)23(16)24)21-7-8-22(31-21)20-11-26-13-29-20/h5-8,11-15,18,27H,1-4,9-10H2,(H,26,29)(H,28,30). The molecule has 1 aliphatic heterocycles. The molecule has 2 bridgehead atoms. The Balaban J connectivity index is 1.32. The number of rotatable bonds is 4. The largest absolute Gasteiger partial charge is 0.344 e. The monoisotopic (exact) mass is 427 g/mol. The minimum atomic E-state index is 0.379. The molecule has 1 saturated carbocycles. The molecule has 31 heavy (non-hydrogen) atoms. The number of imidazole rings is 2. The molecule has 0 amide bonds. The molecule has 4 heterocycles. The second-order valence-electron chi connectivity index (χ2n) is 9.16. The van der Waals surface area contributed by atoms with E-state index in [0.717, 1.165) is 18.1 Å². The van der Waals surface area contributed by atoms with E-state index in [1.807, 2.05) is 17.5 Å². The van der Waals surface area contributed by atoms with Gasteiger partial charge in [0.2, 0.25) is 0 Å². The number of aromatic amines is 2. The first kappa shape index (κ1) is 17.9. The van der Waals surface area contributed by atoms with Gasteiger partial charge in [-0.05, 0) is 79.3 Å². The molecule has 2 fully saturated rings. The Hall–Kier alpha value is -2.70. The van der Waals surface area contributed by atoms with Crippen molar-refractivity contribution in [2.75, 3.05) is 6.54 Å². The maximum Gasteiger partial charge on any atom is 0.123 e. The summed E-state index contributed by atoms with van der Waals surface area (Å²) in [5.74, 6) is 2.49. The summed E-state index contributed by atoms with van der Waals surface area (Å²) in [5, 5.41) is 3.56. The third-order valence-corrected chi connectivity index (χ3v) is 8.60. The zero-order chi connectivity index (χ0) is 20.4. The second kappa shape index (κ2) is 6.90. The van der Waals surface area contributed by atoms with Crippen LogP contribution in [0.2, 0.25) is 0 Å². The van der Waals surface area contributed by atoms with Gasteiger partial charge in [-0.1, -0.05) is 12.1 Å². The van der Waals surface area contributed by atoms with Crippen molar-refractivity contribution in [2.45, 2.75) is 50.0 Å². The number of nitrogens with one attached hydrogen (secondary N) is 3. The molecular weight excluding hydrogens is 402 g/mol. The molecule has 156 valence electrons. The van der Waals surface area contributed by atoms with Crippen LogP contribution in [-0.2, 0) is 0 Å². The van der Waals surface area contributed by atoms with Gasteiger partial charge >= 0.3 is 0 Å². The number of benzene rings is 1. The average molecular weight is 428 g/mol. The molecule has 1 aromatic carbocycles. The first-order chi connectivity index (χ1) is 15.3. The van der Waals surface area contributed by atoms with Gasteiger partial charge in [-0.15, -0.1) is 11.3 Å². The lowest BCUT2D eigenvalue weighted by molar-refractivity contribution is 0.613. The fourth-order valence-corrected chi connectivity index (χ4v) is 7.08. The molecule has 2 aliphatic carbocycles. The highest BCUT2D eigenvalue weighted by molar-refractivity contribution is 7.18. The number of thiophene rings is 1. The molecule has 0 radical (unpaired) electrons. The Bertz CT molecular complexity index is 1240. The number of aromatic nitrogens is 4. The second-order valence-corrected chi connectivity index (χ2v) is 10.2. The molecule has 3 aliphatic rings. The third kappa shape index (κ3) is 2.78. The molecule has 3 unspecified atom stereocenters. The number of hydrogen-bond acceptors (Lipinski definition) is 4. The van der Waals surface area contributed by atoms with E-state index in [4.69, 9.17) is 4.98 Å². The van der Waals surface area contributed by atoms with Crippen molar-refractivity contribution in [3.8, 4) is 32.3 Å². The van der Waals surface area contributed by atoms with Crippen LogP contribution in [0.3, 0.4) is 0 Å². The number of hydrogen-bond donors (Lipinski definition) is 3. The first-order valence-corrected chi connectivity index (χ1v) is 12.2. The van der Waals surface area contributed by atoms with Gasteiger partial charge in [0.05, 0.1) is 41.0 Å². The van der Waals surface area contributed by atoms with Crippen LogP contribution < -0.4 is 5.32 Å². The van der Waals surface area contributed by atoms with Crippen LogP contribution >= 0.6 is 11.3 Å².